The van der Waals surface area contributed by atoms with Crippen LogP contribution in [-0.2, 0) is 9.47 Å². The molecule has 4 heterocycles. The van der Waals surface area contributed by atoms with Crippen molar-refractivity contribution < 1.29 is 23.4 Å². The third-order valence-corrected chi connectivity index (χ3v) is 6.03. The second-order valence-corrected chi connectivity index (χ2v) is 8.13. The molecule has 2 aliphatic heterocycles. The van der Waals surface area contributed by atoms with E-state index in [0.29, 0.717) is 54.0 Å². The fourth-order valence-electron chi connectivity index (χ4n) is 4.19. The van der Waals surface area contributed by atoms with E-state index in [0.717, 1.165) is 11.3 Å². The number of nitrogens with zero attached hydrogens (tertiary/aromatic N) is 2. The van der Waals surface area contributed by atoms with Gasteiger partial charge in [-0.25, -0.2) is 19.2 Å². The molecular weight excluding hydrogens is 429 g/mol. The number of benzene rings is 1. The second kappa shape index (κ2) is 8.36. The molecule has 2 atom stereocenters. The Bertz CT molecular complexity index is 1250. The predicted octanol–water partition coefficient (Wildman–Crippen LogP) is 3.86. The van der Waals surface area contributed by atoms with Gasteiger partial charge in [0, 0.05) is 41.9 Å². The number of carbonyl (C=O) groups excluding carboxylic acids is 1. The molecule has 33 heavy (non-hydrogen) atoms. The third kappa shape index (κ3) is 3.86. The van der Waals surface area contributed by atoms with Gasteiger partial charge in [0.1, 0.15) is 24.2 Å². The fourth-order valence-corrected chi connectivity index (χ4v) is 4.19. The summed E-state index contributed by atoms with van der Waals surface area (Å²) in [4.78, 5) is 20.8. The van der Waals surface area contributed by atoms with E-state index in [1.54, 1.807) is 18.3 Å². The molecular formula is C23H24FN5O4. The molecule has 2 aromatic heterocycles. The minimum absolute atomic E-state index is 0.0256. The molecule has 2 aliphatic rings. The summed E-state index contributed by atoms with van der Waals surface area (Å²) in [6.45, 7) is 5.45. The van der Waals surface area contributed by atoms with E-state index in [-0.39, 0.29) is 23.7 Å². The molecule has 9 nitrogen and oxygen atoms in total. The van der Waals surface area contributed by atoms with E-state index in [9.17, 15) is 4.79 Å². The molecule has 1 saturated heterocycles. The third-order valence-electron chi connectivity index (χ3n) is 6.03. The van der Waals surface area contributed by atoms with Gasteiger partial charge in [0.25, 0.3) is 0 Å². The molecule has 0 saturated carbocycles. The van der Waals surface area contributed by atoms with Crippen molar-refractivity contribution in [2.24, 2.45) is 0 Å². The van der Waals surface area contributed by atoms with Crippen LogP contribution in [0.1, 0.15) is 18.9 Å². The summed E-state index contributed by atoms with van der Waals surface area (Å²) in [6, 6.07) is 3.30. The number of carbonyl (C=O) groups is 1. The molecule has 4 N–H and O–H groups in total. The van der Waals surface area contributed by atoms with E-state index < -0.39 is 11.9 Å². The standard InChI is InChI=1S/C23H24FN5O4/c1-11-15(9-28-22-21(11)26-4-6-32-22)14-7-13-8-18(27-10-16(13)20(25)19(14)24)29-23(30)33-17-3-5-31-12(17)2/h7-10,12,17,26H,3-6,25H2,1-2H3,(H,27,29,30)/t12?,17-/m0/s1. The number of nitrogens with one attached hydrogen (secondary N) is 2. The Labute approximate surface area is 189 Å². The monoisotopic (exact) mass is 453 g/mol. The summed E-state index contributed by atoms with van der Waals surface area (Å²) in [7, 11) is 0. The number of rotatable bonds is 3. The molecule has 0 radical (unpaired) electrons. The molecule has 0 spiro atoms. The van der Waals surface area contributed by atoms with Gasteiger partial charge in [0.15, 0.2) is 5.82 Å². The summed E-state index contributed by atoms with van der Waals surface area (Å²) in [5.74, 6) is 0.209. The van der Waals surface area contributed by atoms with Crippen LogP contribution in [-0.4, -0.2) is 48.0 Å². The lowest BCUT2D eigenvalue weighted by molar-refractivity contribution is 0.0420. The minimum Gasteiger partial charge on any atom is -0.474 e. The number of halogens is 1. The maximum Gasteiger partial charge on any atom is 0.413 e. The SMILES string of the molecule is Cc1c(-c2cc3cc(NC(=O)O[C@H]4CCOC4C)ncc3c(N)c2F)cnc2c1NCCO2. The number of anilines is 3. The van der Waals surface area contributed by atoms with Gasteiger partial charge in [-0.3, -0.25) is 5.32 Å². The van der Waals surface area contributed by atoms with Gasteiger partial charge in [-0.15, -0.1) is 0 Å². The maximum absolute atomic E-state index is 15.3. The highest BCUT2D eigenvalue weighted by Gasteiger charge is 2.28. The van der Waals surface area contributed by atoms with Crippen LogP contribution in [0.2, 0.25) is 0 Å². The van der Waals surface area contributed by atoms with Crippen LogP contribution in [0.5, 0.6) is 5.88 Å². The largest absolute Gasteiger partial charge is 0.474 e. The van der Waals surface area contributed by atoms with E-state index in [1.165, 1.54) is 6.20 Å². The molecule has 3 aromatic rings. The molecule has 10 heteroatoms. The Morgan fingerprint density at radius 1 is 1.27 bits per heavy atom. The Balaban J connectivity index is 1.48. The molecule has 0 bridgehead atoms. The summed E-state index contributed by atoms with van der Waals surface area (Å²) < 4.78 is 31.7. The highest BCUT2D eigenvalue weighted by atomic mass is 19.1. The van der Waals surface area contributed by atoms with Crippen molar-refractivity contribution in [3.05, 3.63) is 35.9 Å². The first kappa shape index (κ1) is 21.2. The summed E-state index contributed by atoms with van der Waals surface area (Å²) in [5, 5.41) is 6.94. The number of nitrogen functional groups attached to an aromatic ring is 1. The zero-order valence-corrected chi connectivity index (χ0v) is 18.3. The van der Waals surface area contributed by atoms with Crippen LogP contribution in [0.3, 0.4) is 0 Å². The smallest absolute Gasteiger partial charge is 0.413 e. The molecule has 172 valence electrons. The number of ether oxygens (including phenoxy) is 3. The summed E-state index contributed by atoms with van der Waals surface area (Å²) in [5.41, 5.74) is 8.54. The summed E-state index contributed by atoms with van der Waals surface area (Å²) >= 11 is 0. The molecule has 5 rings (SSSR count). The molecule has 0 aliphatic carbocycles. The number of hydrogen-bond donors (Lipinski definition) is 3. The first-order valence-electron chi connectivity index (χ1n) is 10.8. The lowest BCUT2D eigenvalue weighted by Gasteiger charge is -2.22. The number of amides is 1. The van der Waals surface area contributed by atoms with Gasteiger partial charge in [-0.2, -0.15) is 0 Å². The van der Waals surface area contributed by atoms with Crippen LogP contribution in [0.4, 0.5) is 26.4 Å². The van der Waals surface area contributed by atoms with Gasteiger partial charge < -0.3 is 25.3 Å². The van der Waals surface area contributed by atoms with E-state index in [1.807, 2.05) is 13.8 Å². The quantitative estimate of drug-likeness (QED) is 0.512. The number of hydrogen-bond acceptors (Lipinski definition) is 8. The van der Waals surface area contributed by atoms with Crippen LogP contribution in [0.25, 0.3) is 21.9 Å². The van der Waals surface area contributed by atoms with Crippen molar-refractivity contribution in [3.8, 4) is 17.0 Å². The maximum atomic E-state index is 15.3. The summed E-state index contributed by atoms with van der Waals surface area (Å²) in [6.07, 6.45) is 2.57. The van der Waals surface area contributed by atoms with Gasteiger partial charge in [-0.05, 0) is 36.9 Å². The highest BCUT2D eigenvalue weighted by Crippen LogP contribution is 2.39. The Kier molecular flexibility index (Phi) is 5.37. The van der Waals surface area contributed by atoms with Gasteiger partial charge in [0.05, 0.1) is 18.4 Å². The Hall–Kier alpha value is -3.66. The van der Waals surface area contributed by atoms with Crippen LogP contribution in [0, 0.1) is 12.7 Å². The van der Waals surface area contributed by atoms with Crippen molar-refractivity contribution in [1.29, 1.82) is 0 Å². The highest BCUT2D eigenvalue weighted by molar-refractivity contribution is 5.99. The molecule has 1 fully saturated rings. The lowest BCUT2D eigenvalue weighted by atomic mass is 9.97. The van der Waals surface area contributed by atoms with Crippen molar-refractivity contribution in [1.82, 2.24) is 9.97 Å². The van der Waals surface area contributed by atoms with Crippen molar-refractivity contribution in [2.45, 2.75) is 32.5 Å². The van der Waals surface area contributed by atoms with E-state index in [2.05, 4.69) is 20.6 Å². The van der Waals surface area contributed by atoms with Crippen molar-refractivity contribution in [2.75, 3.05) is 36.1 Å². The molecule has 1 aromatic carbocycles. The van der Waals surface area contributed by atoms with Crippen molar-refractivity contribution >= 4 is 34.1 Å². The number of nitrogens with two attached hydrogens (primary N) is 1. The normalized spacial score (nSPS) is 19.5. The molecule has 1 unspecified atom stereocenters. The van der Waals surface area contributed by atoms with Crippen LogP contribution < -0.4 is 21.1 Å². The van der Waals surface area contributed by atoms with E-state index >= 15 is 4.39 Å². The number of aromatic nitrogens is 2. The minimum atomic E-state index is -0.625. The lowest BCUT2D eigenvalue weighted by Crippen LogP contribution is -2.27. The zero-order chi connectivity index (χ0) is 23.1. The molecule has 1 amide bonds. The van der Waals surface area contributed by atoms with E-state index in [4.69, 9.17) is 19.9 Å². The Morgan fingerprint density at radius 3 is 2.91 bits per heavy atom. The first-order valence-corrected chi connectivity index (χ1v) is 10.8. The predicted molar refractivity (Wildman–Crippen MR) is 122 cm³/mol. The average molecular weight is 453 g/mol. The Morgan fingerprint density at radius 2 is 2.12 bits per heavy atom. The number of pyridine rings is 2. The van der Waals surface area contributed by atoms with Gasteiger partial charge in [-0.1, -0.05) is 0 Å². The average Bonchev–Trinajstić information content (AvgIpc) is 3.21. The van der Waals surface area contributed by atoms with Crippen molar-refractivity contribution in [3.63, 3.8) is 0 Å². The van der Waals surface area contributed by atoms with Gasteiger partial charge in [0.2, 0.25) is 5.88 Å². The topological polar surface area (TPSA) is 121 Å². The van der Waals surface area contributed by atoms with Crippen LogP contribution >= 0.6 is 0 Å². The van der Waals surface area contributed by atoms with Gasteiger partial charge >= 0.3 is 6.09 Å². The first-order chi connectivity index (χ1) is 15.9. The zero-order valence-electron chi connectivity index (χ0n) is 18.3. The fraction of sp³-hybridized carbons (Fsp3) is 0.348. The number of fused-ring (bicyclic) bond motifs is 2. The second-order valence-electron chi connectivity index (χ2n) is 8.13. The van der Waals surface area contributed by atoms with Crippen LogP contribution in [0.15, 0.2) is 24.5 Å².